The largest absolute Gasteiger partial charge is 0.435 e. The maximum Gasteiger partial charge on any atom is 0.435 e. The van der Waals surface area contributed by atoms with Crippen LogP contribution < -0.4 is 0 Å². The first-order chi connectivity index (χ1) is 12.7. The van der Waals surface area contributed by atoms with Gasteiger partial charge in [0, 0.05) is 44.0 Å². The van der Waals surface area contributed by atoms with Crippen molar-refractivity contribution in [2.75, 3.05) is 26.2 Å². The highest BCUT2D eigenvalue weighted by molar-refractivity contribution is 5.76. The van der Waals surface area contributed by atoms with Crippen LogP contribution in [0.4, 0.5) is 17.6 Å². The Morgan fingerprint density at radius 3 is 2.41 bits per heavy atom. The lowest BCUT2D eigenvalue weighted by molar-refractivity contribution is -0.142. The molecule has 1 aliphatic heterocycles. The van der Waals surface area contributed by atoms with Gasteiger partial charge in [0.25, 0.3) is 0 Å². The van der Waals surface area contributed by atoms with E-state index in [0.717, 1.165) is 10.7 Å². The lowest BCUT2D eigenvalue weighted by Gasteiger charge is -2.34. The van der Waals surface area contributed by atoms with Crippen molar-refractivity contribution in [2.24, 2.45) is 0 Å². The number of amides is 1. The smallest absolute Gasteiger partial charge is 0.339 e. The van der Waals surface area contributed by atoms with Crippen LogP contribution in [0.25, 0.3) is 0 Å². The van der Waals surface area contributed by atoms with Crippen molar-refractivity contribution in [3.05, 3.63) is 53.1 Å². The molecule has 1 aromatic carbocycles. The first-order valence-electron chi connectivity index (χ1n) is 8.59. The number of piperazine rings is 1. The third-order valence-electron chi connectivity index (χ3n) is 4.63. The number of aryl methyl sites for hydroxylation is 1. The molecule has 2 aromatic rings. The van der Waals surface area contributed by atoms with Gasteiger partial charge in [-0.05, 0) is 19.1 Å². The second kappa shape index (κ2) is 7.67. The molecule has 2 heterocycles. The Balaban J connectivity index is 1.54. The number of hydrogen-bond acceptors (Lipinski definition) is 3. The second-order valence-electron chi connectivity index (χ2n) is 6.57. The van der Waals surface area contributed by atoms with E-state index >= 15 is 0 Å². The summed E-state index contributed by atoms with van der Waals surface area (Å²) in [5.74, 6) is -0.536. The summed E-state index contributed by atoms with van der Waals surface area (Å²) in [6.07, 6.45) is -4.53. The van der Waals surface area contributed by atoms with Crippen molar-refractivity contribution in [3.8, 4) is 0 Å². The molecule has 146 valence electrons. The molecule has 0 saturated carbocycles. The number of carbonyl (C=O) groups is 1. The van der Waals surface area contributed by atoms with Gasteiger partial charge in [0.15, 0.2) is 5.69 Å². The predicted molar refractivity (Wildman–Crippen MR) is 90.2 cm³/mol. The van der Waals surface area contributed by atoms with Crippen molar-refractivity contribution in [1.29, 1.82) is 0 Å². The fourth-order valence-corrected chi connectivity index (χ4v) is 3.06. The zero-order valence-corrected chi connectivity index (χ0v) is 14.8. The summed E-state index contributed by atoms with van der Waals surface area (Å²) in [6, 6.07) is 7.48. The van der Waals surface area contributed by atoms with Crippen LogP contribution in [0, 0.1) is 12.7 Å². The van der Waals surface area contributed by atoms with Gasteiger partial charge < -0.3 is 4.90 Å². The molecule has 3 rings (SSSR count). The lowest BCUT2D eigenvalue weighted by atomic mass is 10.2. The second-order valence-corrected chi connectivity index (χ2v) is 6.57. The maximum absolute atomic E-state index is 13.7. The summed E-state index contributed by atoms with van der Waals surface area (Å²) < 4.78 is 53.0. The molecule has 1 saturated heterocycles. The quantitative estimate of drug-likeness (QED) is 0.762. The van der Waals surface area contributed by atoms with Crippen LogP contribution in [0.2, 0.25) is 0 Å². The summed E-state index contributed by atoms with van der Waals surface area (Å²) >= 11 is 0. The van der Waals surface area contributed by atoms with E-state index < -0.39 is 11.9 Å². The number of hydrogen-bond donors (Lipinski definition) is 0. The highest BCUT2D eigenvalue weighted by Gasteiger charge is 2.34. The van der Waals surface area contributed by atoms with E-state index in [4.69, 9.17) is 0 Å². The van der Waals surface area contributed by atoms with Crippen molar-refractivity contribution >= 4 is 5.91 Å². The van der Waals surface area contributed by atoms with Gasteiger partial charge in [-0.3, -0.25) is 14.4 Å². The third-order valence-corrected chi connectivity index (χ3v) is 4.63. The van der Waals surface area contributed by atoms with Crippen molar-refractivity contribution in [3.63, 3.8) is 0 Å². The van der Waals surface area contributed by atoms with Crippen LogP contribution in [0.3, 0.4) is 0 Å². The Morgan fingerprint density at radius 1 is 1.15 bits per heavy atom. The Labute approximate surface area is 154 Å². The van der Waals surface area contributed by atoms with Crippen LogP contribution in [-0.2, 0) is 24.1 Å². The van der Waals surface area contributed by atoms with E-state index in [1.54, 1.807) is 23.1 Å². The highest BCUT2D eigenvalue weighted by atomic mass is 19.4. The molecule has 0 radical (unpaired) electrons. The summed E-state index contributed by atoms with van der Waals surface area (Å²) in [5.41, 5.74) is -0.111. The van der Waals surface area contributed by atoms with E-state index in [1.807, 2.05) is 4.90 Å². The van der Waals surface area contributed by atoms with Crippen LogP contribution >= 0.6 is 0 Å². The minimum Gasteiger partial charge on any atom is -0.339 e. The number of carbonyl (C=O) groups excluding carboxylic acids is 1. The summed E-state index contributed by atoms with van der Waals surface area (Å²) in [6.45, 7) is 3.76. The minimum absolute atomic E-state index is 0.227. The van der Waals surface area contributed by atoms with Crippen molar-refractivity contribution < 1.29 is 22.4 Å². The average Bonchev–Trinajstić information content (AvgIpc) is 2.98. The van der Waals surface area contributed by atoms with Gasteiger partial charge in [0.1, 0.15) is 12.4 Å². The van der Waals surface area contributed by atoms with Gasteiger partial charge in [-0.1, -0.05) is 18.2 Å². The van der Waals surface area contributed by atoms with Gasteiger partial charge in [-0.25, -0.2) is 4.39 Å². The van der Waals surface area contributed by atoms with Gasteiger partial charge in [-0.2, -0.15) is 18.3 Å². The van der Waals surface area contributed by atoms with Crippen LogP contribution in [0.15, 0.2) is 30.3 Å². The first-order valence-corrected chi connectivity index (χ1v) is 8.59. The van der Waals surface area contributed by atoms with Crippen LogP contribution in [0.5, 0.6) is 0 Å². The predicted octanol–water partition coefficient (Wildman–Crippen LogP) is 2.69. The van der Waals surface area contributed by atoms with Gasteiger partial charge >= 0.3 is 6.18 Å². The summed E-state index contributed by atoms with van der Waals surface area (Å²) in [5, 5.41) is 3.49. The number of rotatable bonds is 4. The molecular weight excluding hydrogens is 364 g/mol. The minimum atomic E-state index is -4.53. The summed E-state index contributed by atoms with van der Waals surface area (Å²) in [4.78, 5) is 16.1. The molecular formula is C18H20F4N4O. The molecule has 0 N–H and O–H groups in total. The third kappa shape index (κ3) is 4.65. The molecule has 1 aliphatic rings. The molecule has 9 heteroatoms. The molecule has 0 spiro atoms. The number of halogens is 4. The summed E-state index contributed by atoms with van der Waals surface area (Å²) in [7, 11) is 0. The van der Waals surface area contributed by atoms with Gasteiger partial charge in [0.05, 0.1) is 0 Å². The number of alkyl halides is 3. The monoisotopic (exact) mass is 384 g/mol. The fourth-order valence-electron chi connectivity index (χ4n) is 3.06. The van der Waals surface area contributed by atoms with E-state index in [1.165, 1.54) is 13.0 Å². The molecule has 27 heavy (non-hydrogen) atoms. The normalized spacial score (nSPS) is 16.0. The number of aromatic nitrogens is 2. The van der Waals surface area contributed by atoms with Gasteiger partial charge in [0.2, 0.25) is 5.91 Å². The van der Waals surface area contributed by atoms with E-state index in [2.05, 4.69) is 5.10 Å². The number of nitrogens with zero attached hydrogens (tertiary/aromatic N) is 4. The Bertz CT molecular complexity index is 810. The van der Waals surface area contributed by atoms with E-state index in [-0.39, 0.29) is 24.0 Å². The molecule has 0 unspecified atom stereocenters. The zero-order chi connectivity index (χ0) is 19.6. The maximum atomic E-state index is 13.7. The standard InChI is InChI=1S/C18H20F4N4O/c1-13-10-16(18(20,21)22)23-26(13)12-17(27)25-8-6-24(7-9-25)11-14-4-2-3-5-15(14)19/h2-5,10H,6-9,11-12H2,1H3. The molecule has 0 aliphatic carbocycles. The van der Waals surface area contributed by atoms with Crippen LogP contribution in [-0.4, -0.2) is 51.7 Å². The highest BCUT2D eigenvalue weighted by Crippen LogP contribution is 2.28. The SMILES string of the molecule is Cc1cc(C(F)(F)F)nn1CC(=O)N1CCN(Cc2ccccc2F)CC1. The molecule has 1 amide bonds. The van der Waals surface area contributed by atoms with Crippen molar-refractivity contribution in [1.82, 2.24) is 19.6 Å². The number of benzene rings is 1. The molecule has 1 fully saturated rings. The Kier molecular flexibility index (Phi) is 5.50. The lowest BCUT2D eigenvalue weighted by Crippen LogP contribution is -2.49. The molecule has 5 nitrogen and oxygen atoms in total. The van der Waals surface area contributed by atoms with Crippen molar-refractivity contribution in [2.45, 2.75) is 26.2 Å². The van der Waals surface area contributed by atoms with Crippen LogP contribution in [0.1, 0.15) is 17.0 Å². The molecule has 0 atom stereocenters. The first kappa shape index (κ1) is 19.3. The topological polar surface area (TPSA) is 41.4 Å². The fraction of sp³-hybridized carbons (Fsp3) is 0.444. The Hall–Kier alpha value is -2.42. The average molecular weight is 384 g/mol. The Morgan fingerprint density at radius 2 is 1.81 bits per heavy atom. The molecule has 0 bridgehead atoms. The zero-order valence-electron chi connectivity index (χ0n) is 14.8. The van der Waals surface area contributed by atoms with Gasteiger partial charge in [-0.15, -0.1) is 0 Å². The van der Waals surface area contributed by atoms with E-state index in [9.17, 15) is 22.4 Å². The van der Waals surface area contributed by atoms with E-state index in [0.29, 0.717) is 38.3 Å². The molecule has 1 aromatic heterocycles.